The number of rotatable bonds is 4. The standard InChI is InChI=1S/C15H21N5/c16-11-12-20-14(17-18-19-20)15(9-5-2-6-10-15)13-7-3-1-4-8-13/h1,3-4,7-8H,2,5-6,9-12,16H2. The summed E-state index contributed by atoms with van der Waals surface area (Å²) in [5.74, 6) is 0.980. The Kier molecular flexibility index (Phi) is 3.78. The van der Waals surface area contributed by atoms with E-state index in [9.17, 15) is 0 Å². The Morgan fingerprint density at radius 3 is 2.55 bits per heavy atom. The Labute approximate surface area is 119 Å². The molecule has 1 aromatic carbocycles. The molecule has 0 unspecified atom stereocenters. The van der Waals surface area contributed by atoms with Gasteiger partial charge in [0.05, 0.1) is 12.0 Å². The molecule has 2 aromatic rings. The molecular weight excluding hydrogens is 250 g/mol. The molecule has 0 radical (unpaired) electrons. The van der Waals surface area contributed by atoms with Crippen LogP contribution in [-0.4, -0.2) is 26.8 Å². The lowest BCUT2D eigenvalue weighted by atomic mass is 9.69. The summed E-state index contributed by atoms with van der Waals surface area (Å²) in [4.78, 5) is 0. The molecule has 1 aliphatic carbocycles. The fourth-order valence-electron chi connectivity index (χ4n) is 3.37. The third-order valence-electron chi connectivity index (χ3n) is 4.33. The molecule has 0 aliphatic heterocycles. The molecule has 0 saturated heterocycles. The topological polar surface area (TPSA) is 69.6 Å². The van der Waals surface area contributed by atoms with E-state index in [1.807, 2.05) is 4.68 Å². The van der Waals surface area contributed by atoms with E-state index in [1.165, 1.54) is 24.8 Å². The summed E-state index contributed by atoms with van der Waals surface area (Å²) in [6.07, 6.45) is 5.98. The maximum atomic E-state index is 5.68. The highest BCUT2D eigenvalue weighted by molar-refractivity contribution is 5.33. The number of tetrazole rings is 1. The predicted octanol–water partition coefficient (Wildman–Crippen LogP) is 1.88. The molecule has 5 heteroatoms. The SMILES string of the molecule is NCCn1nnnc1C1(c2ccccc2)CCCCC1. The van der Waals surface area contributed by atoms with Crippen molar-refractivity contribution in [2.75, 3.05) is 6.54 Å². The van der Waals surface area contributed by atoms with Gasteiger partial charge in [-0.05, 0) is 28.8 Å². The van der Waals surface area contributed by atoms with Gasteiger partial charge in [0.1, 0.15) is 0 Å². The molecule has 5 nitrogen and oxygen atoms in total. The molecule has 2 N–H and O–H groups in total. The van der Waals surface area contributed by atoms with E-state index < -0.39 is 0 Å². The zero-order valence-corrected chi connectivity index (χ0v) is 11.7. The van der Waals surface area contributed by atoms with Crippen molar-refractivity contribution in [2.45, 2.75) is 44.1 Å². The number of nitrogens with zero attached hydrogens (tertiary/aromatic N) is 4. The molecule has 3 rings (SSSR count). The summed E-state index contributed by atoms with van der Waals surface area (Å²) in [5.41, 5.74) is 6.97. The largest absolute Gasteiger partial charge is 0.329 e. The van der Waals surface area contributed by atoms with Gasteiger partial charge in [-0.2, -0.15) is 0 Å². The van der Waals surface area contributed by atoms with E-state index in [4.69, 9.17) is 5.73 Å². The van der Waals surface area contributed by atoms with Crippen LogP contribution < -0.4 is 5.73 Å². The van der Waals surface area contributed by atoms with Crippen LogP contribution in [0.3, 0.4) is 0 Å². The highest BCUT2D eigenvalue weighted by Crippen LogP contribution is 2.43. The second-order valence-electron chi connectivity index (χ2n) is 5.52. The lowest BCUT2D eigenvalue weighted by Crippen LogP contribution is -2.34. The number of aromatic nitrogens is 4. The summed E-state index contributed by atoms with van der Waals surface area (Å²) in [5, 5.41) is 12.4. The van der Waals surface area contributed by atoms with Crippen molar-refractivity contribution in [3.8, 4) is 0 Å². The molecule has 1 saturated carbocycles. The Morgan fingerprint density at radius 2 is 1.85 bits per heavy atom. The monoisotopic (exact) mass is 271 g/mol. The fourth-order valence-corrected chi connectivity index (χ4v) is 3.37. The molecule has 0 amide bonds. The summed E-state index contributed by atoms with van der Waals surface area (Å²) < 4.78 is 1.89. The van der Waals surface area contributed by atoms with Gasteiger partial charge < -0.3 is 5.73 Å². The summed E-state index contributed by atoms with van der Waals surface area (Å²) in [7, 11) is 0. The van der Waals surface area contributed by atoms with Crippen LogP contribution in [0.1, 0.15) is 43.5 Å². The smallest absolute Gasteiger partial charge is 0.161 e. The normalized spacial score (nSPS) is 18.1. The number of nitrogens with two attached hydrogens (primary N) is 1. The molecule has 0 spiro atoms. The molecule has 1 aliphatic rings. The average molecular weight is 271 g/mol. The van der Waals surface area contributed by atoms with Crippen LogP contribution in [0, 0.1) is 0 Å². The van der Waals surface area contributed by atoms with Crippen molar-refractivity contribution in [1.82, 2.24) is 20.2 Å². The van der Waals surface area contributed by atoms with E-state index in [-0.39, 0.29) is 5.41 Å². The van der Waals surface area contributed by atoms with Crippen molar-refractivity contribution in [2.24, 2.45) is 5.73 Å². The van der Waals surface area contributed by atoms with Gasteiger partial charge >= 0.3 is 0 Å². The third-order valence-corrected chi connectivity index (χ3v) is 4.33. The van der Waals surface area contributed by atoms with Crippen LogP contribution in [0.4, 0.5) is 0 Å². The van der Waals surface area contributed by atoms with Crippen molar-refractivity contribution in [1.29, 1.82) is 0 Å². The highest BCUT2D eigenvalue weighted by atomic mass is 15.5. The van der Waals surface area contributed by atoms with E-state index in [2.05, 4.69) is 45.9 Å². The lowest BCUT2D eigenvalue weighted by Gasteiger charge is -2.36. The summed E-state index contributed by atoms with van der Waals surface area (Å²) >= 11 is 0. The quantitative estimate of drug-likeness (QED) is 0.921. The number of benzene rings is 1. The fraction of sp³-hybridized carbons (Fsp3) is 0.533. The van der Waals surface area contributed by atoms with Gasteiger partial charge in [-0.1, -0.05) is 49.6 Å². The van der Waals surface area contributed by atoms with Gasteiger partial charge in [-0.3, -0.25) is 0 Å². The Morgan fingerprint density at radius 1 is 1.10 bits per heavy atom. The van der Waals surface area contributed by atoms with Crippen molar-refractivity contribution in [3.05, 3.63) is 41.7 Å². The first-order chi connectivity index (χ1) is 9.87. The van der Waals surface area contributed by atoms with Gasteiger partial charge in [0.2, 0.25) is 0 Å². The Hall–Kier alpha value is -1.75. The van der Waals surface area contributed by atoms with Crippen LogP contribution in [0.15, 0.2) is 30.3 Å². The molecule has 1 heterocycles. The average Bonchev–Trinajstić information content (AvgIpc) is 2.98. The minimum Gasteiger partial charge on any atom is -0.329 e. The molecular formula is C15H21N5. The maximum Gasteiger partial charge on any atom is 0.161 e. The van der Waals surface area contributed by atoms with Crippen molar-refractivity contribution in [3.63, 3.8) is 0 Å². The van der Waals surface area contributed by atoms with Gasteiger partial charge in [0.15, 0.2) is 5.82 Å². The molecule has 1 aromatic heterocycles. The minimum absolute atomic E-state index is 0.0435. The third kappa shape index (κ3) is 2.22. The molecule has 1 fully saturated rings. The summed E-state index contributed by atoms with van der Waals surface area (Å²) in [6, 6.07) is 10.7. The zero-order valence-electron chi connectivity index (χ0n) is 11.7. The Bertz CT molecular complexity index is 542. The predicted molar refractivity (Wildman–Crippen MR) is 77.2 cm³/mol. The van der Waals surface area contributed by atoms with E-state index >= 15 is 0 Å². The first-order valence-electron chi connectivity index (χ1n) is 7.39. The first kappa shape index (κ1) is 13.2. The minimum atomic E-state index is -0.0435. The molecule has 20 heavy (non-hydrogen) atoms. The van der Waals surface area contributed by atoms with Gasteiger partial charge in [0, 0.05) is 6.54 Å². The zero-order chi connectivity index (χ0) is 13.8. The maximum absolute atomic E-state index is 5.68. The number of hydrogen-bond donors (Lipinski definition) is 1. The Balaban J connectivity index is 2.08. The van der Waals surface area contributed by atoms with Crippen LogP contribution >= 0.6 is 0 Å². The highest BCUT2D eigenvalue weighted by Gasteiger charge is 2.40. The molecule has 0 atom stereocenters. The first-order valence-corrected chi connectivity index (χ1v) is 7.39. The van der Waals surface area contributed by atoms with E-state index in [1.54, 1.807) is 0 Å². The van der Waals surface area contributed by atoms with Gasteiger partial charge in [-0.15, -0.1) is 5.10 Å². The van der Waals surface area contributed by atoms with Gasteiger partial charge in [-0.25, -0.2) is 4.68 Å². The second kappa shape index (κ2) is 5.71. The second-order valence-corrected chi connectivity index (χ2v) is 5.52. The number of hydrogen-bond acceptors (Lipinski definition) is 4. The van der Waals surface area contributed by atoms with Crippen molar-refractivity contribution < 1.29 is 0 Å². The van der Waals surface area contributed by atoms with Crippen LogP contribution in [0.5, 0.6) is 0 Å². The van der Waals surface area contributed by atoms with E-state index in [0.717, 1.165) is 18.7 Å². The lowest BCUT2D eigenvalue weighted by molar-refractivity contribution is 0.315. The molecule has 106 valence electrons. The van der Waals surface area contributed by atoms with Crippen LogP contribution in [-0.2, 0) is 12.0 Å². The van der Waals surface area contributed by atoms with Crippen molar-refractivity contribution >= 4 is 0 Å². The van der Waals surface area contributed by atoms with E-state index in [0.29, 0.717) is 13.1 Å². The summed E-state index contributed by atoms with van der Waals surface area (Å²) in [6.45, 7) is 1.24. The van der Waals surface area contributed by atoms with Crippen LogP contribution in [0.2, 0.25) is 0 Å². The molecule has 0 bridgehead atoms. The van der Waals surface area contributed by atoms with Crippen LogP contribution in [0.25, 0.3) is 0 Å². The van der Waals surface area contributed by atoms with Gasteiger partial charge in [0.25, 0.3) is 0 Å².